The molecule has 0 saturated carbocycles. The van der Waals surface area contributed by atoms with E-state index in [1.54, 1.807) is 33.2 Å². The molecule has 0 spiro atoms. The number of nitrogens with one attached hydrogen (secondary N) is 1. The van der Waals surface area contributed by atoms with Gasteiger partial charge < -0.3 is 4.90 Å². The van der Waals surface area contributed by atoms with Crippen LogP contribution in [0.2, 0.25) is 0 Å². The Morgan fingerprint density at radius 3 is 2.21 bits per heavy atom. The van der Waals surface area contributed by atoms with Crippen LogP contribution >= 0.6 is 0 Å². The van der Waals surface area contributed by atoms with E-state index in [1.165, 1.54) is 17.0 Å². The van der Waals surface area contributed by atoms with Crippen LogP contribution < -0.4 is 5.32 Å². The number of nitro groups is 1. The van der Waals surface area contributed by atoms with E-state index in [9.17, 15) is 14.9 Å². The maximum absolute atomic E-state index is 11.7. The van der Waals surface area contributed by atoms with Crippen LogP contribution in [-0.4, -0.2) is 35.9 Å². The predicted octanol–water partition coefficient (Wildman–Crippen LogP) is 1.72. The molecule has 0 aliphatic heterocycles. The van der Waals surface area contributed by atoms with Crippen molar-refractivity contribution in [2.24, 2.45) is 0 Å². The standard InChI is InChI=1S/C13H19N3O3/c1-9(14-10(2)13(17)15(3)4)11-5-7-12(8-6-11)16(18)19/h5-10,14H,1-4H3. The summed E-state index contributed by atoms with van der Waals surface area (Å²) in [5.41, 5.74) is 0.970. The van der Waals surface area contributed by atoms with E-state index in [0.29, 0.717) is 0 Å². The Morgan fingerprint density at radius 2 is 1.79 bits per heavy atom. The summed E-state index contributed by atoms with van der Waals surface area (Å²) in [6, 6.07) is 5.96. The highest BCUT2D eigenvalue weighted by atomic mass is 16.6. The van der Waals surface area contributed by atoms with E-state index in [0.717, 1.165) is 5.56 Å². The Labute approximate surface area is 112 Å². The van der Waals surface area contributed by atoms with Gasteiger partial charge in [-0.2, -0.15) is 0 Å². The zero-order valence-electron chi connectivity index (χ0n) is 11.6. The topological polar surface area (TPSA) is 75.5 Å². The number of amides is 1. The van der Waals surface area contributed by atoms with Crippen molar-refractivity contribution < 1.29 is 9.72 Å². The zero-order chi connectivity index (χ0) is 14.6. The van der Waals surface area contributed by atoms with Gasteiger partial charge in [-0.1, -0.05) is 12.1 Å². The summed E-state index contributed by atoms with van der Waals surface area (Å²) in [7, 11) is 3.41. The number of rotatable bonds is 5. The summed E-state index contributed by atoms with van der Waals surface area (Å²) in [6.07, 6.45) is 0. The number of benzene rings is 1. The summed E-state index contributed by atoms with van der Waals surface area (Å²) in [5.74, 6) is -0.00578. The highest BCUT2D eigenvalue weighted by Gasteiger charge is 2.18. The molecular formula is C13H19N3O3. The molecule has 0 aliphatic rings. The van der Waals surface area contributed by atoms with Crippen molar-refractivity contribution in [2.75, 3.05) is 14.1 Å². The Balaban J connectivity index is 2.70. The fourth-order valence-corrected chi connectivity index (χ4v) is 1.81. The van der Waals surface area contributed by atoms with Crippen molar-refractivity contribution in [3.8, 4) is 0 Å². The molecule has 0 fully saturated rings. The molecule has 2 atom stereocenters. The average Bonchev–Trinajstić information content (AvgIpc) is 2.37. The first-order chi connectivity index (χ1) is 8.82. The van der Waals surface area contributed by atoms with Crippen LogP contribution in [0.4, 0.5) is 5.69 Å². The zero-order valence-corrected chi connectivity index (χ0v) is 11.6. The quantitative estimate of drug-likeness (QED) is 0.649. The fraction of sp³-hybridized carbons (Fsp3) is 0.462. The van der Waals surface area contributed by atoms with Gasteiger partial charge in [-0.15, -0.1) is 0 Å². The van der Waals surface area contributed by atoms with E-state index < -0.39 is 4.92 Å². The van der Waals surface area contributed by atoms with Crippen molar-refractivity contribution in [3.05, 3.63) is 39.9 Å². The van der Waals surface area contributed by atoms with Gasteiger partial charge in [0.1, 0.15) is 0 Å². The van der Waals surface area contributed by atoms with Gasteiger partial charge in [-0.3, -0.25) is 20.2 Å². The number of carbonyl (C=O) groups is 1. The molecule has 0 aromatic heterocycles. The number of carbonyl (C=O) groups excluding carboxylic acids is 1. The van der Waals surface area contributed by atoms with Crippen molar-refractivity contribution in [1.82, 2.24) is 10.2 Å². The van der Waals surface area contributed by atoms with Crippen LogP contribution in [0.1, 0.15) is 25.5 Å². The first-order valence-corrected chi connectivity index (χ1v) is 6.04. The number of nitrogens with zero attached hydrogens (tertiary/aromatic N) is 2. The van der Waals surface area contributed by atoms with Gasteiger partial charge in [-0.25, -0.2) is 0 Å². The summed E-state index contributed by atoms with van der Waals surface area (Å²) in [5, 5.41) is 13.7. The van der Waals surface area contributed by atoms with E-state index in [1.807, 2.05) is 6.92 Å². The molecule has 1 aromatic carbocycles. The number of likely N-dealkylation sites (N-methyl/N-ethyl adjacent to an activating group) is 1. The van der Waals surface area contributed by atoms with Crippen LogP contribution in [-0.2, 0) is 4.79 Å². The lowest BCUT2D eigenvalue weighted by molar-refractivity contribution is -0.384. The molecule has 6 nitrogen and oxygen atoms in total. The minimum atomic E-state index is -0.430. The van der Waals surface area contributed by atoms with Crippen LogP contribution in [0.3, 0.4) is 0 Å². The van der Waals surface area contributed by atoms with Gasteiger partial charge in [0, 0.05) is 32.3 Å². The van der Waals surface area contributed by atoms with Crippen LogP contribution in [0.15, 0.2) is 24.3 Å². The molecule has 19 heavy (non-hydrogen) atoms. The largest absolute Gasteiger partial charge is 0.347 e. The van der Waals surface area contributed by atoms with Crippen molar-refractivity contribution in [1.29, 1.82) is 0 Å². The molecular weight excluding hydrogens is 246 g/mol. The van der Waals surface area contributed by atoms with Crippen molar-refractivity contribution in [2.45, 2.75) is 25.9 Å². The van der Waals surface area contributed by atoms with Crippen molar-refractivity contribution >= 4 is 11.6 Å². The van der Waals surface area contributed by atoms with E-state index in [-0.39, 0.29) is 23.7 Å². The molecule has 2 unspecified atom stereocenters. The molecule has 1 N–H and O–H groups in total. The van der Waals surface area contributed by atoms with Gasteiger partial charge in [-0.05, 0) is 19.4 Å². The summed E-state index contributed by atoms with van der Waals surface area (Å²) >= 11 is 0. The Kier molecular flexibility index (Phi) is 5.00. The third kappa shape index (κ3) is 4.03. The second-order valence-electron chi connectivity index (χ2n) is 4.69. The highest BCUT2D eigenvalue weighted by molar-refractivity contribution is 5.80. The van der Waals surface area contributed by atoms with Crippen LogP contribution in [0.25, 0.3) is 0 Å². The molecule has 0 aliphatic carbocycles. The summed E-state index contributed by atoms with van der Waals surface area (Å²) in [4.78, 5) is 23.4. The van der Waals surface area contributed by atoms with E-state index in [2.05, 4.69) is 5.32 Å². The van der Waals surface area contributed by atoms with Crippen molar-refractivity contribution in [3.63, 3.8) is 0 Å². The second kappa shape index (κ2) is 6.29. The Hall–Kier alpha value is -1.95. The Morgan fingerprint density at radius 1 is 1.26 bits per heavy atom. The van der Waals surface area contributed by atoms with Crippen LogP contribution in [0.5, 0.6) is 0 Å². The lowest BCUT2D eigenvalue weighted by Gasteiger charge is -2.22. The minimum Gasteiger partial charge on any atom is -0.347 e. The maximum atomic E-state index is 11.7. The van der Waals surface area contributed by atoms with Gasteiger partial charge >= 0.3 is 0 Å². The number of nitro benzene ring substituents is 1. The van der Waals surface area contributed by atoms with Gasteiger partial charge in [0.25, 0.3) is 5.69 Å². The van der Waals surface area contributed by atoms with Gasteiger partial charge in [0.2, 0.25) is 5.91 Å². The first kappa shape index (κ1) is 15.1. The molecule has 0 saturated heterocycles. The number of hydrogen-bond acceptors (Lipinski definition) is 4. The summed E-state index contributed by atoms with van der Waals surface area (Å²) in [6.45, 7) is 3.71. The van der Waals surface area contributed by atoms with Gasteiger partial charge in [0.15, 0.2) is 0 Å². The molecule has 1 aromatic rings. The molecule has 0 heterocycles. The third-order valence-corrected chi connectivity index (χ3v) is 2.92. The molecule has 104 valence electrons. The third-order valence-electron chi connectivity index (χ3n) is 2.92. The molecule has 1 rings (SSSR count). The number of non-ortho nitro benzene ring substituents is 1. The predicted molar refractivity (Wildman–Crippen MR) is 72.8 cm³/mol. The van der Waals surface area contributed by atoms with Crippen LogP contribution in [0, 0.1) is 10.1 Å². The minimum absolute atomic E-state index is 0.00578. The Bertz CT molecular complexity index is 457. The second-order valence-corrected chi connectivity index (χ2v) is 4.69. The number of hydrogen-bond donors (Lipinski definition) is 1. The van der Waals surface area contributed by atoms with E-state index in [4.69, 9.17) is 0 Å². The monoisotopic (exact) mass is 265 g/mol. The maximum Gasteiger partial charge on any atom is 0.269 e. The molecule has 0 bridgehead atoms. The smallest absolute Gasteiger partial charge is 0.269 e. The normalized spacial score (nSPS) is 13.7. The molecule has 1 amide bonds. The lowest BCUT2D eigenvalue weighted by atomic mass is 10.1. The SMILES string of the molecule is CC(NC(C)c1ccc([N+](=O)[O-])cc1)C(=O)N(C)C. The lowest BCUT2D eigenvalue weighted by Crippen LogP contribution is -2.42. The first-order valence-electron chi connectivity index (χ1n) is 6.04. The molecule has 0 radical (unpaired) electrons. The average molecular weight is 265 g/mol. The fourth-order valence-electron chi connectivity index (χ4n) is 1.81. The van der Waals surface area contributed by atoms with Gasteiger partial charge in [0.05, 0.1) is 11.0 Å². The highest BCUT2D eigenvalue weighted by Crippen LogP contribution is 2.17. The van der Waals surface area contributed by atoms with E-state index >= 15 is 0 Å². The molecule has 6 heteroatoms. The summed E-state index contributed by atoms with van der Waals surface area (Å²) < 4.78 is 0.